The van der Waals surface area contributed by atoms with E-state index in [4.69, 9.17) is 4.42 Å². The second kappa shape index (κ2) is 8.11. The smallest absolute Gasteiger partial charge is 0.247 e. The van der Waals surface area contributed by atoms with Gasteiger partial charge in [-0.2, -0.15) is 0 Å². The molecule has 1 aromatic heterocycles. The monoisotopic (exact) mass is 399 g/mol. The predicted molar refractivity (Wildman–Crippen MR) is 115 cm³/mol. The highest BCUT2D eigenvalue weighted by Crippen LogP contribution is 2.33. The van der Waals surface area contributed by atoms with E-state index in [0.29, 0.717) is 11.8 Å². The summed E-state index contributed by atoms with van der Waals surface area (Å²) in [7, 11) is 0. The Bertz CT molecular complexity index is 1140. The van der Waals surface area contributed by atoms with Gasteiger partial charge in [-0.3, -0.25) is 0 Å². The summed E-state index contributed by atoms with van der Waals surface area (Å²) >= 11 is 0. The summed E-state index contributed by atoms with van der Waals surface area (Å²) in [6.45, 7) is 0. The van der Waals surface area contributed by atoms with Crippen LogP contribution in [0.15, 0.2) is 77.2 Å². The maximum Gasteiger partial charge on any atom is 0.247 e. The summed E-state index contributed by atoms with van der Waals surface area (Å²) in [5, 5.41) is 12.2. The molecule has 4 aromatic rings. The third-order valence-corrected chi connectivity index (χ3v) is 5.61. The lowest BCUT2D eigenvalue weighted by molar-refractivity contribution is 0.493. The number of nitrogens with one attached hydrogen (secondary N) is 1. The van der Waals surface area contributed by atoms with Crippen LogP contribution in [-0.2, 0) is 12.8 Å². The SMILES string of the molecule is Fc1ccc([C@@H](Nc2cccc3c2CCCC3)c2nnc(-c3ccccc3)o2)cc1. The van der Waals surface area contributed by atoms with Gasteiger partial charge in [0.15, 0.2) is 0 Å². The zero-order valence-electron chi connectivity index (χ0n) is 16.5. The van der Waals surface area contributed by atoms with Gasteiger partial charge >= 0.3 is 0 Å². The number of hydrogen-bond acceptors (Lipinski definition) is 4. The maximum atomic E-state index is 13.6. The summed E-state index contributed by atoms with van der Waals surface area (Å²) in [6.07, 6.45) is 4.56. The molecule has 0 fully saturated rings. The van der Waals surface area contributed by atoms with Crippen LogP contribution in [0.25, 0.3) is 11.5 Å². The second-order valence-corrected chi connectivity index (χ2v) is 7.59. The van der Waals surface area contributed by atoms with E-state index in [-0.39, 0.29) is 11.9 Å². The van der Waals surface area contributed by atoms with Crippen LogP contribution in [0.1, 0.15) is 41.5 Å². The number of hydrogen-bond donors (Lipinski definition) is 1. The summed E-state index contributed by atoms with van der Waals surface area (Å²) in [6, 6.07) is 22.1. The quantitative estimate of drug-likeness (QED) is 0.450. The molecule has 1 heterocycles. The minimum atomic E-state index is -0.371. The van der Waals surface area contributed by atoms with Crippen molar-refractivity contribution in [1.29, 1.82) is 0 Å². The first-order valence-corrected chi connectivity index (χ1v) is 10.3. The van der Waals surface area contributed by atoms with Gasteiger partial charge in [0, 0.05) is 11.3 Å². The highest BCUT2D eigenvalue weighted by Gasteiger charge is 2.23. The van der Waals surface area contributed by atoms with Crippen LogP contribution in [0.5, 0.6) is 0 Å². The zero-order valence-corrected chi connectivity index (χ0v) is 16.5. The van der Waals surface area contributed by atoms with Crippen molar-refractivity contribution in [2.45, 2.75) is 31.7 Å². The van der Waals surface area contributed by atoms with Gasteiger partial charge in [0.2, 0.25) is 11.8 Å². The van der Waals surface area contributed by atoms with Crippen LogP contribution in [0.3, 0.4) is 0 Å². The molecule has 1 aliphatic rings. The molecular weight excluding hydrogens is 377 g/mol. The molecule has 4 nitrogen and oxygen atoms in total. The van der Waals surface area contributed by atoms with Crippen LogP contribution in [-0.4, -0.2) is 10.2 Å². The van der Waals surface area contributed by atoms with Crippen molar-refractivity contribution in [3.05, 3.63) is 101 Å². The van der Waals surface area contributed by atoms with Crippen molar-refractivity contribution in [2.75, 3.05) is 5.32 Å². The molecule has 30 heavy (non-hydrogen) atoms. The molecule has 5 heteroatoms. The Hall–Kier alpha value is -3.47. The number of nitrogens with zero attached hydrogens (tertiary/aromatic N) is 2. The van der Waals surface area contributed by atoms with E-state index < -0.39 is 0 Å². The molecule has 0 aliphatic heterocycles. The number of fused-ring (bicyclic) bond motifs is 1. The van der Waals surface area contributed by atoms with Gasteiger partial charge in [-0.1, -0.05) is 42.5 Å². The summed E-state index contributed by atoms with van der Waals surface area (Å²) in [5.74, 6) is 0.647. The van der Waals surface area contributed by atoms with E-state index in [1.165, 1.54) is 36.1 Å². The van der Waals surface area contributed by atoms with E-state index >= 15 is 0 Å². The highest BCUT2D eigenvalue weighted by atomic mass is 19.1. The molecular formula is C25H22FN3O. The van der Waals surface area contributed by atoms with E-state index in [1.807, 2.05) is 30.3 Å². The van der Waals surface area contributed by atoms with Crippen LogP contribution in [0.2, 0.25) is 0 Å². The molecule has 0 unspecified atom stereocenters. The first-order chi connectivity index (χ1) is 14.8. The Morgan fingerprint density at radius 2 is 1.63 bits per heavy atom. The van der Waals surface area contributed by atoms with E-state index in [2.05, 4.69) is 33.7 Å². The number of anilines is 1. The maximum absolute atomic E-state index is 13.6. The molecule has 3 aromatic carbocycles. The second-order valence-electron chi connectivity index (χ2n) is 7.59. The third kappa shape index (κ3) is 3.71. The molecule has 0 radical (unpaired) electrons. The van der Waals surface area contributed by atoms with E-state index in [1.54, 1.807) is 12.1 Å². The average Bonchev–Trinajstić information content (AvgIpc) is 3.29. The van der Waals surface area contributed by atoms with Crippen LogP contribution in [0.4, 0.5) is 10.1 Å². The normalized spacial score (nSPS) is 14.2. The Labute approximate surface area is 174 Å². The third-order valence-electron chi connectivity index (χ3n) is 5.61. The fourth-order valence-electron chi connectivity index (χ4n) is 4.06. The van der Waals surface area contributed by atoms with Crippen molar-refractivity contribution in [2.24, 2.45) is 0 Å². The highest BCUT2D eigenvalue weighted by molar-refractivity contribution is 5.58. The van der Waals surface area contributed by atoms with E-state index in [9.17, 15) is 4.39 Å². The first kappa shape index (κ1) is 18.6. The molecule has 1 N–H and O–H groups in total. The minimum absolute atomic E-state index is 0.273. The predicted octanol–water partition coefficient (Wildman–Crippen LogP) is 5.96. The summed E-state index contributed by atoms with van der Waals surface area (Å²) in [5.41, 5.74) is 5.54. The van der Waals surface area contributed by atoms with Crippen LogP contribution >= 0.6 is 0 Å². The molecule has 1 aliphatic carbocycles. The molecule has 0 amide bonds. The minimum Gasteiger partial charge on any atom is -0.418 e. The fraction of sp³-hybridized carbons (Fsp3) is 0.200. The number of halogens is 1. The zero-order chi connectivity index (χ0) is 20.3. The lowest BCUT2D eigenvalue weighted by atomic mass is 9.90. The van der Waals surface area contributed by atoms with Gasteiger partial charge in [0.1, 0.15) is 11.9 Å². The van der Waals surface area contributed by atoms with Crippen molar-refractivity contribution in [3.63, 3.8) is 0 Å². The Morgan fingerprint density at radius 1 is 0.833 bits per heavy atom. The lowest BCUT2D eigenvalue weighted by Crippen LogP contribution is -2.16. The van der Waals surface area contributed by atoms with Gasteiger partial charge in [-0.05, 0) is 72.7 Å². The van der Waals surface area contributed by atoms with Crippen LogP contribution in [0, 0.1) is 5.82 Å². The van der Waals surface area contributed by atoms with Gasteiger partial charge in [0.25, 0.3) is 0 Å². The molecule has 0 saturated heterocycles. The van der Waals surface area contributed by atoms with Crippen LogP contribution < -0.4 is 5.32 Å². The van der Waals surface area contributed by atoms with Crippen molar-refractivity contribution in [3.8, 4) is 11.5 Å². The van der Waals surface area contributed by atoms with Crippen molar-refractivity contribution in [1.82, 2.24) is 10.2 Å². The van der Waals surface area contributed by atoms with Crippen molar-refractivity contribution >= 4 is 5.69 Å². The van der Waals surface area contributed by atoms with Gasteiger partial charge in [0.05, 0.1) is 0 Å². The molecule has 0 bridgehead atoms. The molecule has 5 rings (SSSR count). The number of aromatic nitrogens is 2. The molecule has 150 valence electrons. The van der Waals surface area contributed by atoms with Gasteiger partial charge in [-0.15, -0.1) is 10.2 Å². The summed E-state index contributed by atoms with van der Waals surface area (Å²) < 4.78 is 19.6. The Balaban J connectivity index is 1.54. The van der Waals surface area contributed by atoms with Gasteiger partial charge in [-0.25, -0.2) is 4.39 Å². The first-order valence-electron chi connectivity index (χ1n) is 10.3. The Kier molecular flexibility index (Phi) is 5.01. The average molecular weight is 399 g/mol. The van der Waals surface area contributed by atoms with E-state index in [0.717, 1.165) is 29.7 Å². The largest absolute Gasteiger partial charge is 0.418 e. The summed E-state index contributed by atoms with van der Waals surface area (Å²) in [4.78, 5) is 0. The topological polar surface area (TPSA) is 51.0 Å². The number of aryl methyl sites for hydroxylation is 1. The number of rotatable bonds is 5. The molecule has 1 atom stereocenters. The number of benzene rings is 3. The standard InChI is InChI=1S/C25H22FN3O/c26-20-15-13-18(14-16-20)23(25-29-28-24(30-25)19-8-2-1-3-9-19)27-22-12-6-10-17-7-4-5-11-21(17)22/h1-3,6,8-10,12-16,23,27H,4-5,7,11H2/t23-/m1/s1. The molecule has 0 spiro atoms. The Morgan fingerprint density at radius 3 is 2.47 bits per heavy atom. The van der Waals surface area contributed by atoms with Gasteiger partial charge < -0.3 is 9.73 Å². The fourth-order valence-corrected chi connectivity index (χ4v) is 4.06. The lowest BCUT2D eigenvalue weighted by Gasteiger charge is -2.23. The van der Waals surface area contributed by atoms with Crippen molar-refractivity contribution < 1.29 is 8.81 Å². The molecule has 0 saturated carbocycles.